The third kappa shape index (κ3) is 2.67. The van der Waals surface area contributed by atoms with E-state index in [1.165, 1.54) is 8.94 Å². The van der Waals surface area contributed by atoms with Crippen molar-refractivity contribution in [2.24, 2.45) is 0 Å². The van der Waals surface area contributed by atoms with Crippen LogP contribution in [0.5, 0.6) is 0 Å². The number of furan rings is 3. The standard InChI is InChI=1S/C20H12O3Se/c1-2-14-10-16-4-6-18(23-16)12-20-8-7-19(24-20)11-17-5-3-15(22-17)9-13(1)21-14/h1-12H/q+1. The molecule has 0 unspecified atom stereocenters. The Morgan fingerprint density at radius 1 is 0.500 bits per heavy atom. The van der Waals surface area contributed by atoms with Crippen molar-refractivity contribution in [1.29, 1.82) is 0 Å². The second-order valence-corrected chi connectivity index (χ2v) is 7.94. The van der Waals surface area contributed by atoms with Crippen LogP contribution < -0.4 is 21.7 Å². The van der Waals surface area contributed by atoms with Crippen molar-refractivity contribution >= 4 is 39.3 Å². The summed E-state index contributed by atoms with van der Waals surface area (Å²) >= 11 is 0.262. The van der Waals surface area contributed by atoms with Gasteiger partial charge < -0.3 is 0 Å². The summed E-state index contributed by atoms with van der Waals surface area (Å²) < 4.78 is 20.1. The second kappa shape index (κ2) is 5.45. The fourth-order valence-corrected chi connectivity index (χ4v) is 4.53. The van der Waals surface area contributed by atoms with E-state index >= 15 is 0 Å². The molecule has 24 heavy (non-hydrogen) atoms. The Hall–Kier alpha value is -2.68. The molecular formula is C20H12O3Se+. The summed E-state index contributed by atoms with van der Waals surface area (Å²) in [6.07, 6.45) is 12.2. The molecule has 3 aromatic rings. The van der Waals surface area contributed by atoms with Crippen LogP contribution in [-0.4, -0.2) is 15.0 Å². The van der Waals surface area contributed by atoms with Gasteiger partial charge in [-0.25, -0.2) is 0 Å². The third-order valence-electron chi connectivity index (χ3n) is 3.73. The normalized spacial score (nSPS) is 15.5. The number of hydrogen-bond donors (Lipinski definition) is 0. The van der Waals surface area contributed by atoms with Gasteiger partial charge in [0.05, 0.1) is 0 Å². The Morgan fingerprint density at radius 3 is 1.46 bits per heavy atom. The van der Waals surface area contributed by atoms with E-state index < -0.39 is 0 Å². The van der Waals surface area contributed by atoms with Crippen LogP contribution in [0.4, 0.5) is 0 Å². The SMILES string of the molecule is C1=C2C=c3ccc(o3)=Cc3ccc(o3)C=c3ccc(o3)=CC(=C1)[Se+]2. The predicted molar refractivity (Wildman–Crippen MR) is 92.6 cm³/mol. The van der Waals surface area contributed by atoms with Gasteiger partial charge in [0.2, 0.25) is 0 Å². The van der Waals surface area contributed by atoms with Gasteiger partial charge in [-0.05, 0) is 0 Å². The van der Waals surface area contributed by atoms with Gasteiger partial charge in [-0.3, -0.25) is 0 Å². The average Bonchev–Trinajstić information content (AvgIpc) is 3.32. The monoisotopic (exact) mass is 380 g/mol. The Balaban J connectivity index is 1.73. The van der Waals surface area contributed by atoms with Crippen molar-refractivity contribution in [2.75, 3.05) is 0 Å². The predicted octanol–water partition coefficient (Wildman–Crippen LogP) is 1.18. The summed E-state index contributed by atoms with van der Waals surface area (Å²) in [6.45, 7) is 0. The minimum atomic E-state index is 0.262. The van der Waals surface area contributed by atoms with E-state index in [0.717, 1.165) is 33.2 Å². The number of fused-ring (bicyclic) bond motifs is 8. The number of rotatable bonds is 0. The number of hydrogen-bond acceptors (Lipinski definition) is 3. The summed E-state index contributed by atoms with van der Waals surface area (Å²) in [5, 5.41) is 0. The van der Waals surface area contributed by atoms with E-state index in [-0.39, 0.29) is 15.0 Å². The molecule has 1 radical (unpaired) electrons. The van der Waals surface area contributed by atoms with E-state index in [2.05, 4.69) is 24.3 Å². The summed E-state index contributed by atoms with van der Waals surface area (Å²) in [5.74, 6) is 1.50. The first-order valence-corrected chi connectivity index (χ1v) is 9.30. The van der Waals surface area contributed by atoms with E-state index in [1.807, 2.05) is 48.6 Å². The van der Waals surface area contributed by atoms with Crippen molar-refractivity contribution in [2.45, 2.75) is 0 Å². The molecule has 2 aliphatic rings. The zero-order valence-electron chi connectivity index (χ0n) is 12.6. The van der Waals surface area contributed by atoms with Gasteiger partial charge in [0.15, 0.2) is 0 Å². The zero-order chi connectivity index (χ0) is 15.9. The molecular weight excluding hydrogens is 367 g/mol. The minimum absolute atomic E-state index is 0.262. The van der Waals surface area contributed by atoms with Gasteiger partial charge in [-0.2, -0.15) is 0 Å². The van der Waals surface area contributed by atoms with Crippen LogP contribution in [0.2, 0.25) is 0 Å². The molecule has 0 saturated heterocycles. The molecule has 115 valence electrons. The van der Waals surface area contributed by atoms with Gasteiger partial charge in [-0.1, -0.05) is 0 Å². The topological polar surface area (TPSA) is 39.4 Å². The van der Waals surface area contributed by atoms with Gasteiger partial charge >= 0.3 is 143 Å². The quantitative estimate of drug-likeness (QED) is 0.551. The zero-order valence-corrected chi connectivity index (χ0v) is 14.3. The Bertz CT molecular complexity index is 1130. The maximum atomic E-state index is 5.86. The molecule has 0 aliphatic carbocycles. The first-order valence-electron chi connectivity index (χ1n) is 7.59. The maximum absolute atomic E-state index is 5.86. The molecule has 5 heterocycles. The fraction of sp³-hybridized carbons (Fsp3) is 0. The molecule has 8 bridgehead atoms. The molecule has 0 amide bonds. The van der Waals surface area contributed by atoms with Crippen LogP contribution in [0.1, 0.15) is 11.5 Å². The molecule has 0 fully saturated rings. The average molecular weight is 379 g/mol. The molecule has 3 aromatic heterocycles. The van der Waals surface area contributed by atoms with Gasteiger partial charge in [-0.15, -0.1) is 0 Å². The van der Waals surface area contributed by atoms with Crippen molar-refractivity contribution in [3.05, 3.63) is 90.7 Å². The van der Waals surface area contributed by atoms with Crippen molar-refractivity contribution in [1.82, 2.24) is 0 Å². The Labute approximate surface area is 143 Å². The van der Waals surface area contributed by atoms with Crippen molar-refractivity contribution < 1.29 is 13.3 Å². The Kier molecular flexibility index (Phi) is 3.12. The van der Waals surface area contributed by atoms with Crippen LogP contribution in [0.15, 0.2) is 70.7 Å². The van der Waals surface area contributed by atoms with E-state index in [1.54, 1.807) is 0 Å². The summed E-state index contributed by atoms with van der Waals surface area (Å²) in [6, 6.07) is 11.7. The molecule has 0 atom stereocenters. The molecule has 2 aliphatic heterocycles. The molecule has 4 heteroatoms. The molecule has 0 saturated carbocycles. The first-order chi connectivity index (χ1) is 11.8. The first kappa shape index (κ1) is 13.7. The number of allylic oxidation sites excluding steroid dienone is 4. The molecule has 5 rings (SSSR count). The summed E-state index contributed by atoms with van der Waals surface area (Å²) in [4.78, 5) is 0. The van der Waals surface area contributed by atoms with E-state index in [9.17, 15) is 0 Å². The van der Waals surface area contributed by atoms with Crippen LogP contribution in [0, 0.1) is 0 Å². The molecule has 0 spiro atoms. The van der Waals surface area contributed by atoms with E-state index in [4.69, 9.17) is 13.3 Å². The van der Waals surface area contributed by atoms with Crippen LogP contribution >= 0.6 is 0 Å². The van der Waals surface area contributed by atoms with Crippen LogP contribution in [0.3, 0.4) is 0 Å². The van der Waals surface area contributed by atoms with E-state index in [0.29, 0.717) is 0 Å². The second-order valence-electron chi connectivity index (χ2n) is 5.54. The Morgan fingerprint density at radius 2 is 0.958 bits per heavy atom. The summed E-state index contributed by atoms with van der Waals surface area (Å²) in [7, 11) is 0. The van der Waals surface area contributed by atoms with Gasteiger partial charge in [0, 0.05) is 0 Å². The third-order valence-corrected chi connectivity index (χ3v) is 5.78. The molecule has 0 N–H and O–H groups in total. The van der Waals surface area contributed by atoms with Crippen molar-refractivity contribution in [3.8, 4) is 0 Å². The van der Waals surface area contributed by atoms with Crippen molar-refractivity contribution in [3.63, 3.8) is 0 Å². The summed E-state index contributed by atoms with van der Waals surface area (Å²) in [5.41, 5.74) is 3.27. The van der Waals surface area contributed by atoms with Crippen LogP contribution in [-0.2, 0) is 0 Å². The fourth-order valence-electron chi connectivity index (χ4n) is 2.66. The van der Waals surface area contributed by atoms with Gasteiger partial charge in [0.1, 0.15) is 0 Å². The van der Waals surface area contributed by atoms with Crippen LogP contribution in [0.25, 0.3) is 24.3 Å². The molecule has 0 aromatic carbocycles. The molecule has 3 nitrogen and oxygen atoms in total. The van der Waals surface area contributed by atoms with Gasteiger partial charge in [0.25, 0.3) is 0 Å².